The molecular weight excluding hydrogens is 238 g/mol. The Labute approximate surface area is 116 Å². The number of aromatic nitrogens is 1. The highest BCUT2D eigenvalue weighted by molar-refractivity contribution is 5.99. The van der Waals surface area contributed by atoms with Gasteiger partial charge in [0.25, 0.3) is 5.91 Å². The summed E-state index contributed by atoms with van der Waals surface area (Å²) in [4.78, 5) is 16.2. The number of carbonyl (C=O) groups excluding carboxylic acids is 1. The first kappa shape index (κ1) is 15.5. The number of hydrogen-bond acceptors (Lipinski definition) is 3. The standard InChI is InChI=1S/C15H25N3O/c1-10(2)12(11(3)4)9-18-15(19)13-8-17-7-6-14(13)16-5/h6-8,10-12H,9H2,1-5H3,(H,16,17)(H,18,19). The smallest absolute Gasteiger partial charge is 0.254 e. The summed E-state index contributed by atoms with van der Waals surface area (Å²) in [6, 6.07) is 1.80. The predicted molar refractivity (Wildman–Crippen MR) is 79.3 cm³/mol. The second kappa shape index (κ2) is 7.12. The van der Waals surface area contributed by atoms with E-state index in [0.29, 0.717) is 29.9 Å². The molecule has 2 N–H and O–H groups in total. The molecule has 0 aliphatic heterocycles. The number of hydrogen-bond donors (Lipinski definition) is 2. The molecule has 0 saturated carbocycles. The Bertz CT molecular complexity index is 408. The number of anilines is 1. The van der Waals surface area contributed by atoms with Crippen molar-refractivity contribution in [1.29, 1.82) is 0 Å². The fourth-order valence-corrected chi connectivity index (χ4v) is 2.34. The molecule has 106 valence electrons. The molecule has 19 heavy (non-hydrogen) atoms. The van der Waals surface area contributed by atoms with Gasteiger partial charge in [-0.3, -0.25) is 9.78 Å². The molecule has 4 nitrogen and oxygen atoms in total. The zero-order chi connectivity index (χ0) is 14.4. The Kier molecular flexibility index (Phi) is 5.80. The first-order chi connectivity index (χ1) is 8.97. The van der Waals surface area contributed by atoms with E-state index in [1.165, 1.54) is 0 Å². The van der Waals surface area contributed by atoms with Crippen LogP contribution in [0.15, 0.2) is 18.5 Å². The summed E-state index contributed by atoms with van der Waals surface area (Å²) in [5.74, 6) is 1.53. The van der Waals surface area contributed by atoms with Crippen LogP contribution in [-0.2, 0) is 0 Å². The van der Waals surface area contributed by atoms with Crippen LogP contribution >= 0.6 is 0 Å². The van der Waals surface area contributed by atoms with Crippen molar-refractivity contribution in [3.63, 3.8) is 0 Å². The van der Waals surface area contributed by atoms with Crippen molar-refractivity contribution in [2.24, 2.45) is 17.8 Å². The topological polar surface area (TPSA) is 54.0 Å². The van der Waals surface area contributed by atoms with Crippen LogP contribution in [0.3, 0.4) is 0 Å². The molecule has 0 aliphatic carbocycles. The Hall–Kier alpha value is -1.58. The van der Waals surface area contributed by atoms with Gasteiger partial charge in [0.1, 0.15) is 0 Å². The van der Waals surface area contributed by atoms with Crippen molar-refractivity contribution in [3.05, 3.63) is 24.0 Å². The van der Waals surface area contributed by atoms with Crippen LogP contribution in [0, 0.1) is 17.8 Å². The first-order valence-corrected chi connectivity index (χ1v) is 6.87. The van der Waals surface area contributed by atoms with E-state index in [0.717, 1.165) is 5.69 Å². The zero-order valence-electron chi connectivity index (χ0n) is 12.5. The van der Waals surface area contributed by atoms with Gasteiger partial charge in [-0.2, -0.15) is 0 Å². The number of carbonyl (C=O) groups is 1. The van der Waals surface area contributed by atoms with Crippen LogP contribution in [0.1, 0.15) is 38.1 Å². The van der Waals surface area contributed by atoms with Gasteiger partial charge < -0.3 is 10.6 Å². The van der Waals surface area contributed by atoms with Gasteiger partial charge in [-0.1, -0.05) is 27.7 Å². The molecule has 0 fully saturated rings. The van der Waals surface area contributed by atoms with Crippen LogP contribution in [0.2, 0.25) is 0 Å². The summed E-state index contributed by atoms with van der Waals surface area (Å²) in [6.45, 7) is 9.48. The molecule has 1 aromatic rings. The van der Waals surface area contributed by atoms with E-state index in [-0.39, 0.29) is 5.91 Å². The molecule has 0 aliphatic rings. The van der Waals surface area contributed by atoms with E-state index in [2.05, 4.69) is 43.3 Å². The minimum absolute atomic E-state index is 0.0660. The van der Waals surface area contributed by atoms with Crippen molar-refractivity contribution in [1.82, 2.24) is 10.3 Å². The van der Waals surface area contributed by atoms with Gasteiger partial charge in [0.05, 0.1) is 5.56 Å². The van der Waals surface area contributed by atoms with Crippen LogP contribution in [0.4, 0.5) is 5.69 Å². The van der Waals surface area contributed by atoms with Gasteiger partial charge >= 0.3 is 0 Å². The average Bonchev–Trinajstić information content (AvgIpc) is 2.37. The number of pyridine rings is 1. The van der Waals surface area contributed by atoms with Crippen molar-refractivity contribution >= 4 is 11.6 Å². The molecule has 1 amide bonds. The molecule has 0 spiro atoms. The van der Waals surface area contributed by atoms with Crippen LogP contribution in [-0.4, -0.2) is 24.5 Å². The second-order valence-electron chi connectivity index (χ2n) is 5.53. The van der Waals surface area contributed by atoms with E-state index >= 15 is 0 Å². The summed E-state index contributed by atoms with van der Waals surface area (Å²) in [6.07, 6.45) is 3.27. The van der Waals surface area contributed by atoms with Gasteiger partial charge in [-0.05, 0) is 23.8 Å². The van der Waals surface area contributed by atoms with E-state index in [4.69, 9.17) is 0 Å². The first-order valence-electron chi connectivity index (χ1n) is 6.87. The van der Waals surface area contributed by atoms with Gasteiger partial charge in [-0.25, -0.2) is 0 Å². The lowest BCUT2D eigenvalue weighted by atomic mass is 9.85. The van der Waals surface area contributed by atoms with Crippen molar-refractivity contribution in [2.75, 3.05) is 18.9 Å². The number of nitrogens with zero attached hydrogens (tertiary/aromatic N) is 1. The molecule has 0 saturated heterocycles. The summed E-state index contributed by atoms with van der Waals surface area (Å²) < 4.78 is 0. The maximum absolute atomic E-state index is 12.2. The zero-order valence-corrected chi connectivity index (χ0v) is 12.5. The van der Waals surface area contributed by atoms with Crippen molar-refractivity contribution < 1.29 is 4.79 Å². The Balaban J connectivity index is 2.69. The van der Waals surface area contributed by atoms with E-state index in [1.54, 1.807) is 25.5 Å². The lowest BCUT2D eigenvalue weighted by Gasteiger charge is -2.25. The third kappa shape index (κ3) is 4.23. The van der Waals surface area contributed by atoms with Crippen LogP contribution in [0.25, 0.3) is 0 Å². The minimum atomic E-state index is -0.0660. The monoisotopic (exact) mass is 263 g/mol. The molecule has 1 heterocycles. The Morgan fingerprint density at radius 1 is 1.26 bits per heavy atom. The molecule has 1 rings (SSSR count). The predicted octanol–water partition coefficient (Wildman–Crippen LogP) is 2.78. The lowest BCUT2D eigenvalue weighted by molar-refractivity contribution is 0.0937. The molecule has 4 heteroatoms. The normalized spacial score (nSPS) is 11.2. The maximum Gasteiger partial charge on any atom is 0.254 e. The van der Waals surface area contributed by atoms with Crippen molar-refractivity contribution in [2.45, 2.75) is 27.7 Å². The van der Waals surface area contributed by atoms with Crippen LogP contribution < -0.4 is 10.6 Å². The van der Waals surface area contributed by atoms with Gasteiger partial charge in [-0.15, -0.1) is 0 Å². The highest BCUT2D eigenvalue weighted by Crippen LogP contribution is 2.20. The summed E-state index contributed by atoms with van der Waals surface area (Å²) >= 11 is 0. The Morgan fingerprint density at radius 2 is 1.89 bits per heavy atom. The van der Waals surface area contributed by atoms with Gasteiger partial charge in [0.2, 0.25) is 0 Å². The average molecular weight is 263 g/mol. The van der Waals surface area contributed by atoms with E-state index < -0.39 is 0 Å². The van der Waals surface area contributed by atoms with Gasteiger partial charge in [0.15, 0.2) is 0 Å². The highest BCUT2D eigenvalue weighted by Gasteiger charge is 2.19. The maximum atomic E-state index is 12.2. The fourth-order valence-electron chi connectivity index (χ4n) is 2.34. The van der Waals surface area contributed by atoms with E-state index in [9.17, 15) is 4.79 Å². The third-order valence-corrected chi connectivity index (χ3v) is 3.55. The van der Waals surface area contributed by atoms with Crippen LogP contribution in [0.5, 0.6) is 0 Å². The molecule has 0 atom stereocenters. The lowest BCUT2D eigenvalue weighted by Crippen LogP contribution is -2.34. The molecule has 1 aromatic heterocycles. The quantitative estimate of drug-likeness (QED) is 0.829. The highest BCUT2D eigenvalue weighted by atomic mass is 16.1. The van der Waals surface area contributed by atoms with Crippen molar-refractivity contribution in [3.8, 4) is 0 Å². The molecule has 0 radical (unpaired) electrons. The summed E-state index contributed by atoms with van der Waals surface area (Å²) in [5, 5.41) is 6.03. The molecule has 0 bridgehead atoms. The molecule has 0 aromatic carbocycles. The summed E-state index contributed by atoms with van der Waals surface area (Å²) in [7, 11) is 1.80. The van der Waals surface area contributed by atoms with E-state index in [1.807, 2.05) is 0 Å². The number of rotatable bonds is 6. The molecular formula is C15H25N3O. The minimum Gasteiger partial charge on any atom is -0.387 e. The molecule has 0 unspecified atom stereocenters. The SMILES string of the molecule is CNc1ccncc1C(=O)NCC(C(C)C)C(C)C. The number of nitrogens with one attached hydrogen (secondary N) is 2. The third-order valence-electron chi connectivity index (χ3n) is 3.55. The number of amides is 1. The van der Waals surface area contributed by atoms with Gasteiger partial charge in [0, 0.05) is 31.7 Å². The summed E-state index contributed by atoms with van der Waals surface area (Å²) in [5.41, 5.74) is 1.40. The fraction of sp³-hybridized carbons (Fsp3) is 0.600. The second-order valence-corrected chi connectivity index (χ2v) is 5.53. The largest absolute Gasteiger partial charge is 0.387 e. The Morgan fingerprint density at radius 3 is 2.42 bits per heavy atom.